The summed E-state index contributed by atoms with van der Waals surface area (Å²) in [6.45, 7) is 5.01. The Morgan fingerprint density at radius 3 is 2.19 bits per heavy atom. The van der Waals surface area contributed by atoms with Crippen LogP contribution in [-0.2, 0) is 13.2 Å². The largest absolute Gasteiger partial charge is 0.489 e. The molecule has 156 valence electrons. The van der Waals surface area contributed by atoms with Crippen LogP contribution >= 0.6 is 0 Å². The van der Waals surface area contributed by atoms with Crippen LogP contribution in [0, 0.1) is 13.8 Å². The molecule has 0 unspecified atom stereocenters. The summed E-state index contributed by atoms with van der Waals surface area (Å²) < 4.78 is 7.68. The lowest BCUT2D eigenvalue weighted by molar-refractivity contribution is 0.102. The van der Waals surface area contributed by atoms with Crippen LogP contribution in [0.4, 0.5) is 5.69 Å². The summed E-state index contributed by atoms with van der Waals surface area (Å²) in [4.78, 5) is 12.8. The van der Waals surface area contributed by atoms with E-state index in [0.717, 1.165) is 28.4 Å². The number of hydrogen-bond acceptors (Lipinski definition) is 3. The molecule has 4 aromatic rings. The number of nitrogens with zero attached hydrogens (tertiary/aromatic N) is 2. The van der Waals surface area contributed by atoms with Crippen LogP contribution in [-0.4, -0.2) is 15.7 Å². The number of amides is 1. The number of para-hydroxylation sites is 1. The number of ether oxygens (including phenoxy) is 1. The van der Waals surface area contributed by atoms with Gasteiger partial charge in [0.25, 0.3) is 5.91 Å². The number of anilines is 1. The Morgan fingerprint density at radius 1 is 0.871 bits per heavy atom. The van der Waals surface area contributed by atoms with Crippen LogP contribution in [0.3, 0.4) is 0 Å². The maximum Gasteiger partial charge on any atom is 0.255 e. The van der Waals surface area contributed by atoms with Crippen LogP contribution < -0.4 is 10.1 Å². The van der Waals surface area contributed by atoms with E-state index in [1.54, 1.807) is 0 Å². The number of nitrogens with one attached hydrogen (secondary N) is 1. The molecular formula is C26H25N3O2. The van der Waals surface area contributed by atoms with E-state index in [4.69, 9.17) is 4.74 Å². The van der Waals surface area contributed by atoms with Crippen molar-refractivity contribution in [2.45, 2.75) is 27.0 Å². The van der Waals surface area contributed by atoms with E-state index in [9.17, 15) is 4.79 Å². The van der Waals surface area contributed by atoms with Crippen molar-refractivity contribution in [1.29, 1.82) is 0 Å². The lowest BCUT2D eigenvalue weighted by Gasteiger charge is -2.09. The van der Waals surface area contributed by atoms with Crippen LogP contribution in [0.15, 0.2) is 84.9 Å². The van der Waals surface area contributed by atoms with Crippen LogP contribution in [0.1, 0.15) is 32.9 Å². The molecular weight excluding hydrogens is 386 g/mol. The van der Waals surface area contributed by atoms with Crippen molar-refractivity contribution < 1.29 is 9.53 Å². The fourth-order valence-corrected chi connectivity index (χ4v) is 3.41. The molecule has 0 aliphatic rings. The highest BCUT2D eigenvalue weighted by Gasteiger charge is 2.15. The third-order valence-corrected chi connectivity index (χ3v) is 5.16. The fraction of sp³-hybridized carbons (Fsp3) is 0.154. The van der Waals surface area contributed by atoms with E-state index < -0.39 is 0 Å². The molecule has 0 fully saturated rings. The maximum absolute atomic E-state index is 12.8. The molecule has 0 atom stereocenters. The normalized spacial score (nSPS) is 10.6. The quantitative estimate of drug-likeness (QED) is 0.444. The van der Waals surface area contributed by atoms with Gasteiger partial charge in [-0.2, -0.15) is 5.10 Å². The number of carbonyl (C=O) groups excluding carboxylic acids is 1. The molecule has 0 radical (unpaired) electrons. The van der Waals surface area contributed by atoms with E-state index in [1.807, 2.05) is 91.3 Å². The second kappa shape index (κ2) is 9.30. The predicted molar refractivity (Wildman–Crippen MR) is 122 cm³/mol. The van der Waals surface area contributed by atoms with Gasteiger partial charge in [-0.05, 0) is 49.2 Å². The number of aryl methyl sites for hydroxylation is 1. The third kappa shape index (κ3) is 5.01. The van der Waals surface area contributed by atoms with Crippen molar-refractivity contribution in [3.05, 3.63) is 113 Å². The second-order valence-electron chi connectivity index (χ2n) is 7.44. The van der Waals surface area contributed by atoms with Crippen LogP contribution in [0.2, 0.25) is 0 Å². The molecule has 0 spiro atoms. The molecule has 5 nitrogen and oxygen atoms in total. The maximum atomic E-state index is 12.8. The summed E-state index contributed by atoms with van der Waals surface area (Å²) in [5.74, 6) is 0.670. The minimum atomic E-state index is -0.152. The Kier molecular flexibility index (Phi) is 6.13. The summed E-state index contributed by atoms with van der Waals surface area (Å²) in [6, 6.07) is 27.3. The Balaban J connectivity index is 1.41. The van der Waals surface area contributed by atoms with Crippen LogP contribution in [0.5, 0.6) is 5.75 Å². The van der Waals surface area contributed by atoms with Gasteiger partial charge in [-0.25, -0.2) is 0 Å². The first kappa shape index (κ1) is 20.4. The van der Waals surface area contributed by atoms with Gasteiger partial charge in [0.05, 0.1) is 23.6 Å². The zero-order chi connectivity index (χ0) is 21.6. The molecule has 4 rings (SSSR count). The van der Waals surface area contributed by atoms with E-state index in [-0.39, 0.29) is 5.91 Å². The molecule has 1 aromatic heterocycles. The van der Waals surface area contributed by atoms with E-state index >= 15 is 0 Å². The highest BCUT2D eigenvalue weighted by molar-refractivity contribution is 6.04. The molecule has 0 bridgehead atoms. The molecule has 0 saturated carbocycles. The van der Waals surface area contributed by atoms with Crippen molar-refractivity contribution >= 4 is 11.6 Å². The monoisotopic (exact) mass is 411 g/mol. The van der Waals surface area contributed by atoms with Gasteiger partial charge in [-0.1, -0.05) is 60.7 Å². The van der Waals surface area contributed by atoms with Crippen molar-refractivity contribution in [3.8, 4) is 5.75 Å². The third-order valence-electron chi connectivity index (χ3n) is 5.16. The van der Waals surface area contributed by atoms with Crippen molar-refractivity contribution in [1.82, 2.24) is 9.78 Å². The Morgan fingerprint density at radius 2 is 1.52 bits per heavy atom. The first-order valence-electron chi connectivity index (χ1n) is 10.3. The summed E-state index contributed by atoms with van der Waals surface area (Å²) >= 11 is 0. The van der Waals surface area contributed by atoms with E-state index in [1.165, 1.54) is 5.56 Å². The van der Waals surface area contributed by atoms with Gasteiger partial charge in [-0.15, -0.1) is 0 Å². The highest BCUT2D eigenvalue weighted by atomic mass is 16.5. The smallest absolute Gasteiger partial charge is 0.255 e. The summed E-state index contributed by atoms with van der Waals surface area (Å²) in [5.41, 5.74) is 5.26. The molecule has 0 aliphatic heterocycles. The number of rotatable bonds is 7. The zero-order valence-corrected chi connectivity index (χ0v) is 17.7. The van der Waals surface area contributed by atoms with Gasteiger partial charge in [0.1, 0.15) is 12.4 Å². The molecule has 31 heavy (non-hydrogen) atoms. The lowest BCUT2D eigenvalue weighted by Crippen LogP contribution is -2.13. The van der Waals surface area contributed by atoms with Crippen molar-refractivity contribution in [2.24, 2.45) is 0 Å². The molecule has 1 heterocycles. The summed E-state index contributed by atoms with van der Waals surface area (Å²) in [5, 5.41) is 7.63. The summed E-state index contributed by atoms with van der Waals surface area (Å²) in [6.07, 6.45) is 0. The van der Waals surface area contributed by atoms with Gasteiger partial charge in [-0.3, -0.25) is 9.48 Å². The van der Waals surface area contributed by atoms with Crippen molar-refractivity contribution in [2.75, 3.05) is 5.32 Å². The highest BCUT2D eigenvalue weighted by Crippen LogP contribution is 2.21. The molecule has 3 aromatic carbocycles. The minimum Gasteiger partial charge on any atom is -0.489 e. The first-order chi connectivity index (χ1) is 15.1. The number of hydrogen-bond donors (Lipinski definition) is 1. The zero-order valence-electron chi connectivity index (χ0n) is 17.7. The van der Waals surface area contributed by atoms with Crippen LogP contribution in [0.25, 0.3) is 0 Å². The van der Waals surface area contributed by atoms with Gasteiger partial charge < -0.3 is 10.1 Å². The van der Waals surface area contributed by atoms with Crippen molar-refractivity contribution in [3.63, 3.8) is 0 Å². The molecule has 1 amide bonds. The predicted octanol–water partition coefficient (Wildman–Crippen LogP) is 5.38. The SMILES string of the molecule is Cc1nn(Cc2ccccc2)c(C)c1NC(=O)c1ccc(COc2ccccc2)cc1. The number of aromatic nitrogens is 2. The average molecular weight is 412 g/mol. The van der Waals surface area contributed by atoms with Gasteiger partial charge in [0.15, 0.2) is 0 Å². The van der Waals surface area contributed by atoms with Gasteiger partial charge in [0, 0.05) is 5.56 Å². The first-order valence-corrected chi connectivity index (χ1v) is 10.3. The number of carbonyl (C=O) groups is 1. The van der Waals surface area contributed by atoms with Gasteiger partial charge >= 0.3 is 0 Å². The topological polar surface area (TPSA) is 56.2 Å². The average Bonchev–Trinajstić information content (AvgIpc) is 3.06. The van der Waals surface area contributed by atoms with Gasteiger partial charge in [0.2, 0.25) is 0 Å². The standard InChI is InChI=1S/C26H25N3O2/c1-19-25(20(2)29(28-19)17-21-9-5-3-6-10-21)27-26(30)23-15-13-22(14-16-23)18-31-24-11-7-4-8-12-24/h3-16H,17-18H2,1-2H3,(H,27,30). The Labute approximate surface area is 182 Å². The number of benzene rings is 3. The minimum absolute atomic E-state index is 0.152. The second-order valence-corrected chi connectivity index (χ2v) is 7.44. The fourth-order valence-electron chi connectivity index (χ4n) is 3.41. The summed E-state index contributed by atoms with van der Waals surface area (Å²) in [7, 11) is 0. The lowest BCUT2D eigenvalue weighted by atomic mass is 10.1. The molecule has 0 aliphatic carbocycles. The molecule has 5 heteroatoms. The van der Waals surface area contributed by atoms with E-state index in [0.29, 0.717) is 18.7 Å². The molecule has 1 N–H and O–H groups in total. The Hall–Kier alpha value is -3.86. The van der Waals surface area contributed by atoms with E-state index in [2.05, 4.69) is 22.5 Å². The molecule has 0 saturated heterocycles. The Bertz CT molecular complexity index is 1150.